The average molecular weight is 491 g/mol. The summed E-state index contributed by atoms with van der Waals surface area (Å²) in [6.45, 7) is 6.58. The van der Waals surface area contributed by atoms with Crippen molar-refractivity contribution in [2.24, 2.45) is 0 Å². The van der Waals surface area contributed by atoms with Gasteiger partial charge in [-0.15, -0.1) is 0 Å². The molecule has 0 aromatic heterocycles. The number of likely N-dealkylation sites (tertiary alicyclic amines) is 1. The number of sulfonamides is 1. The molecule has 1 amide bonds. The van der Waals surface area contributed by atoms with Crippen LogP contribution in [0.2, 0.25) is 5.02 Å². The predicted molar refractivity (Wildman–Crippen MR) is 133 cm³/mol. The van der Waals surface area contributed by atoms with Crippen LogP contribution in [0.25, 0.3) is 0 Å². The van der Waals surface area contributed by atoms with E-state index in [0.717, 1.165) is 76.2 Å². The smallest absolute Gasteiger partial charge is 0.261 e. The molecule has 2 fully saturated rings. The van der Waals surface area contributed by atoms with Crippen LogP contribution in [-0.4, -0.2) is 58.5 Å². The van der Waals surface area contributed by atoms with Gasteiger partial charge in [-0.25, -0.2) is 8.42 Å². The lowest BCUT2D eigenvalue weighted by molar-refractivity contribution is 0.0762. The summed E-state index contributed by atoms with van der Waals surface area (Å²) in [6.07, 6.45) is 4.26. The Morgan fingerprint density at radius 2 is 1.67 bits per heavy atom. The minimum absolute atomic E-state index is 0.0372. The number of hydrogen-bond donors (Lipinski definition) is 2. The van der Waals surface area contributed by atoms with Crippen LogP contribution >= 0.6 is 11.6 Å². The van der Waals surface area contributed by atoms with Crippen molar-refractivity contribution in [3.05, 3.63) is 52.5 Å². The second-order valence-corrected chi connectivity index (χ2v) is 10.8. The van der Waals surface area contributed by atoms with Crippen molar-refractivity contribution in [2.45, 2.75) is 37.5 Å². The van der Waals surface area contributed by atoms with Gasteiger partial charge in [0, 0.05) is 55.7 Å². The maximum Gasteiger partial charge on any atom is 0.261 e. The zero-order valence-corrected chi connectivity index (χ0v) is 20.5. The number of benzene rings is 2. The normalized spacial score (nSPS) is 17.5. The molecule has 0 radical (unpaired) electrons. The highest BCUT2D eigenvalue weighted by Crippen LogP contribution is 2.29. The minimum atomic E-state index is -3.85. The van der Waals surface area contributed by atoms with Crippen LogP contribution in [0.5, 0.6) is 0 Å². The minimum Gasteiger partial charge on any atom is -0.368 e. The number of halogens is 1. The third-order valence-corrected chi connectivity index (χ3v) is 8.07. The fourth-order valence-corrected chi connectivity index (χ4v) is 5.67. The topological polar surface area (TPSA) is 81.8 Å². The zero-order valence-electron chi connectivity index (χ0n) is 18.9. The average Bonchev–Trinajstić information content (AvgIpc) is 3.10. The Morgan fingerprint density at radius 3 is 2.33 bits per heavy atom. The van der Waals surface area contributed by atoms with Crippen molar-refractivity contribution in [3.8, 4) is 0 Å². The largest absolute Gasteiger partial charge is 0.368 e. The summed E-state index contributed by atoms with van der Waals surface area (Å²) in [7, 11) is -3.85. The van der Waals surface area contributed by atoms with Gasteiger partial charge in [0.25, 0.3) is 15.9 Å². The number of carbonyl (C=O) groups is 1. The third-order valence-electron chi connectivity index (χ3n) is 6.28. The van der Waals surface area contributed by atoms with E-state index in [2.05, 4.69) is 14.9 Å². The summed E-state index contributed by atoms with van der Waals surface area (Å²) in [5.74, 6) is -0.0372. The fraction of sp³-hybridized carbons (Fsp3) is 0.458. The van der Waals surface area contributed by atoms with Crippen molar-refractivity contribution in [3.63, 3.8) is 0 Å². The van der Waals surface area contributed by atoms with Crippen LogP contribution in [0.1, 0.15) is 41.6 Å². The first kappa shape index (κ1) is 23.9. The van der Waals surface area contributed by atoms with Crippen LogP contribution in [-0.2, 0) is 10.0 Å². The van der Waals surface area contributed by atoms with Gasteiger partial charge in [0.05, 0.1) is 10.5 Å². The summed E-state index contributed by atoms with van der Waals surface area (Å²) >= 11 is 6.14. The summed E-state index contributed by atoms with van der Waals surface area (Å²) < 4.78 is 28.6. The van der Waals surface area contributed by atoms with E-state index in [0.29, 0.717) is 16.3 Å². The van der Waals surface area contributed by atoms with Gasteiger partial charge in [-0.3, -0.25) is 9.52 Å². The Kier molecular flexibility index (Phi) is 7.46. The first-order valence-electron chi connectivity index (χ1n) is 11.5. The number of piperazine rings is 1. The van der Waals surface area contributed by atoms with Gasteiger partial charge < -0.3 is 15.1 Å². The van der Waals surface area contributed by atoms with Gasteiger partial charge in [-0.2, -0.15) is 0 Å². The Morgan fingerprint density at radius 1 is 0.970 bits per heavy atom. The predicted octanol–water partition coefficient (Wildman–Crippen LogP) is 3.88. The summed E-state index contributed by atoms with van der Waals surface area (Å²) in [4.78, 5) is 17.8. The molecule has 0 unspecified atom stereocenters. The van der Waals surface area contributed by atoms with E-state index in [4.69, 9.17) is 11.6 Å². The van der Waals surface area contributed by atoms with Gasteiger partial charge in [0.15, 0.2) is 0 Å². The van der Waals surface area contributed by atoms with E-state index < -0.39 is 10.0 Å². The summed E-state index contributed by atoms with van der Waals surface area (Å²) in [5, 5.41) is 3.73. The zero-order chi connectivity index (χ0) is 23.4. The standard InChI is InChI=1S/C24H31ClN4O3S/c1-18-6-8-20(17-22(18)25)33(31,32)27-19-7-9-23(28-14-10-26-11-15-28)21(16-19)24(30)29-12-4-2-3-5-13-29/h6-9,16-17,26-27H,2-5,10-15H2,1H3. The fourth-order valence-electron chi connectivity index (χ4n) is 4.35. The second-order valence-electron chi connectivity index (χ2n) is 8.69. The van der Waals surface area contributed by atoms with E-state index in [-0.39, 0.29) is 10.8 Å². The SMILES string of the molecule is Cc1ccc(S(=O)(=O)Nc2ccc(N3CCNCC3)c(C(=O)N3CCCCCC3)c2)cc1Cl. The van der Waals surface area contributed by atoms with Gasteiger partial charge >= 0.3 is 0 Å². The number of aryl methyl sites for hydroxylation is 1. The number of amides is 1. The van der Waals surface area contributed by atoms with Crippen molar-refractivity contribution in [1.82, 2.24) is 10.2 Å². The number of nitrogens with one attached hydrogen (secondary N) is 2. The van der Waals surface area contributed by atoms with E-state index in [1.54, 1.807) is 18.2 Å². The van der Waals surface area contributed by atoms with E-state index in [1.165, 1.54) is 12.1 Å². The molecule has 2 N–H and O–H groups in total. The number of anilines is 2. The van der Waals surface area contributed by atoms with Crippen molar-refractivity contribution in [1.29, 1.82) is 0 Å². The number of nitrogens with zero attached hydrogens (tertiary/aromatic N) is 2. The molecule has 178 valence electrons. The molecule has 2 aromatic carbocycles. The lowest BCUT2D eigenvalue weighted by atomic mass is 10.1. The first-order chi connectivity index (χ1) is 15.8. The Labute approximate surface area is 201 Å². The summed E-state index contributed by atoms with van der Waals surface area (Å²) in [6, 6.07) is 9.91. The van der Waals surface area contributed by atoms with Crippen molar-refractivity contribution >= 4 is 38.9 Å². The molecule has 0 atom stereocenters. The quantitative estimate of drug-likeness (QED) is 0.664. The Hall–Kier alpha value is -2.29. The van der Waals surface area contributed by atoms with Crippen LogP contribution in [0.4, 0.5) is 11.4 Å². The molecular formula is C24H31ClN4O3S. The van der Waals surface area contributed by atoms with Crippen LogP contribution in [0.3, 0.4) is 0 Å². The number of hydrogen-bond acceptors (Lipinski definition) is 5. The molecule has 2 aliphatic heterocycles. The van der Waals surface area contributed by atoms with Gasteiger partial charge in [0.1, 0.15) is 0 Å². The van der Waals surface area contributed by atoms with Crippen LogP contribution in [0, 0.1) is 6.92 Å². The van der Waals surface area contributed by atoms with Crippen LogP contribution in [0.15, 0.2) is 41.3 Å². The molecule has 4 rings (SSSR count). The maximum absolute atomic E-state index is 13.6. The highest BCUT2D eigenvalue weighted by atomic mass is 35.5. The molecule has 2 saturated heterocycles. The number of rotatable bonds is 5. The van der Waals surface area contributed by atoms with Crippen molar-refractivity contribution < 1.29 is 13.2 Å². The highest BCUT2D eigenvalue weighted by molar-refractivity contribution is 7.92. The molecule has 2 heterocycles. The van der Waals surface area contributed by atoms with E-state index >= 15 is 0 Å². The third kappa shape index (κ3) is 5.62. The molecular weight excluding hydrogens is 460 g/mol. The van der Waals surface area contributed by atoms with Gasteiger partial charge in [0.2, 0.25) is 0 Å². The molecule has 33 heavy (non-hydrogen) atoms. The Balaban J connectivity index is 1.67. The van der Waals surface area contributed by atoms with Crippen molar-refractivity contribution in [2.75, 3.05) is 48.9 Å². The molecule has 0 aliphatic carbocycles. The maximum atomic E-state index is 13.6. The highest BCUT2D eigenvalue weighted by Gasteiger charge is 2.25. The molecule has 0 spiro atoms. The first-order valence-corrected chi connectivity index (χ1v) is 13.4. The van der Waals surface area contributed by atoms with E-state index in [9.17, 15) is 13.2 Å². The number of carbonyl (C=O) groups excluding carboxylic acids is 1. The van der Waals surface area contributed by atoms with Gasteiger partial charge in [-0.05, 0) is 55.7 Å². The summed E-state index contributed by atoms with van der Waals surface area (Å²) in [5.41, 5.74) is 2.57. The Bertz CT molecular complexity index is 1110. The molecule has 7 nitrogen and oxygen atoms in total. The molecule has 0 bridgehead atoms. The van der Waals surface area contributed by atoms with E-state index in [1.807, 2.05) is 17.9 Å². The van der Waals surface area contributed by atoms with Crippen LogP contribution < -0.4 is 14.9 Å². The second kappa shape index (κ2) is 10.3. The lowest BCUT2D eigenvalue weighted by Gasteiger charge is -2.32. The lowest BCUT2D eigenvalue weighted by Crippen LogP contribution is -2.44. The molecule has 9 heteroatoms. The molecule has 2 aliphatic rings. The van der Waals surface area contributed by atoms with Gasteiger partial charge in [-0.1, -0.05) is 30.5 Å². The molecule has 2 aromatic rings. The molecule has 0 saturated carbocycles. The monoisotopic (exact) mass is 490 g/mol.